The highest BCUT2D eigenvalue weighted by molar-refractivity contribution is 5.79. The summed E-state index contributed by atoms with van der Waals surface area (Å²) in [6.45, 7) is 8.80. The second kappa shape index (κ2) is 11.4. The SMILES string of the molecule is CCNC(=NCc1cc(OC)c(OC)c(OC)c1)NCCCC(C)C. The summed E-state index contributed by atoms with van der Waals surface area (Å²) in [7, 11) is 4.83. The van der Waals surface area contributed by atoms with Gasteiger partial charge in [0.05, 0.1) is 27.9 Å². The molecule has 2 N–H and O–H groups in total. The highest BCUT2D eigenvalue weighted by Gasteiger charge is 2.13. The fourth-order valence-electron chi connectivity index (χ4n) is 2.46. The molecule has 0 saturated heterocycles. The lowest BCUT2D eigenvalue weighted by atomic mass is 10.1. The molecule has 0 aliphatic heterocycles. The molecule has 0 bridgehead atoms. The Morgan fingerprint density at radius 3 is 2.16 bits per heavy atom. The van der Waals surface area contributed by atoms with Crippen LogP contribution in [-0.4, -0.2) is 40.4 Å². The van der Waals surface area contributed by atoms with Crippen molar-refractivity contribution in [2.75, 3.05) is 34.4 Å². The molecule has 6 heteroatoms. The molecular formula is C19H33N3O3. The van der Waals surface area contributed by atoms with E-state index in [4.69, 9.17) is 14.2 Å². The van der Waals surface area contributed by atoms with Crippen LogP contribution in [0.25, 0.3) is 0 Å². The first-order chi connectivity index (χ1) is 12.0. The van der Waals surface area contributed by atoms with E-state index in [2.05, 4.69) is 36.4 Å². The van der Waals surface area contributed by atoms with E-state index >= 15 is 0 Å². The van der Waals surface area contributed by atoms with Gasteiger partial charge < -0.3 is 24.8 Å². The monoisotopic (exact) mass is 351 g/mol. The van der Waals surface area contributed by atoms with E-state index in [1.54, 1.807) is 21.3 Å². The molecule has 0 unspecified atom stereocenters. The average molecular weight is 351 g/mol. The Kier molecular flexibility index (Phi) is 9.58. The lowest BCUT2D eigenvalue weighted by molar-refractivity contribution is 0.324. The summed E-state index contributed by atoms with van der Waals surface area (Å²) >= 11 is 0. The molecule has 25 heavy (non-hydrogen) atoms. The van der Waals surface area contributed by atoms with Crippen LogP contribution < -0.4 is 24.8 Å². The van der Waals surface area contributed by atoms with E-state index in [1.165, 1.54) is 6.42 Å². The van der Waals surface area contributed by atoms with E-state index < -0.39 is 0 Å². The van der Waals surface area contributed by atoms with Crippen LogP contribution in [0, 0.1) is 5.92 Å². The largest absolute Gasteiger partial charge is 0.493 e. The first kappa shape index (κ1) is 20.9. The van der Waals surface area contributed by atoms with Gasteiger partial charge in [-0.3, -0.25) is 0 Å². The number of nitrogens with one attached hydrogen (secondary N) is 2. The number of nitrogens with zero attached hydrogens (tertiary/aromatic N) is 1. The number of ether oxygens (including phenoxy) is 3. The smallest absolute Gasteiger partial charge is 0.203 e. The zero-order valence-electron chi connectivity index (χ0n) is 16.4. The van der Waals surface area contributed by atoms with Crippen molar-refractivity contribution in [2.24, 2.45) is 10.9 Å². The molecule has 0 aromatic heterocycles. The maximum Gasteiger partial charge on any atom is 0.203 e. The maximum absolute atomic E-state index is 5.39. The van der Waals surface area contributed by atoms with Gasteiger partial charge in [0.2, 0.25) is 5.75 Å². The van der Waals surface area contributed by atoms with Crippen LogP contribution in [-0.2, 0) is 6.54 Å². The molecule has 1 rings (SSSR count). The van der Waals surface area contributed by atoms with Crippen molar-refractivity contribution in [1.29, 1.82) is 0 Å². The van der Waals surface area contributed by atoms with Crippen LogP contribution in [0.3, 0.4) is 0 Å². The van der Waals surface area contributed by atoms with Gasteiger partial charge in [-0.1, -0.05) is 13.8 Å². The third kappa shape index (κ3) is 7.11. The molecule has 0 spiro atoms. The van der Waals surface area contributed by atoms with Gasteiger partial charge in [0.15, 0.2) is 17.5 Å². The first-order valence-corrected chi connectivity index (χ1v) is 8.86. The van der Waals surface area contributed by atoms with E-state index in [0.29, 0.717) is 23.8 Å². The number of benzene rings is 1. The van der Waals surface area contributed by atoms with Crippen molar-refractivity contribution in [3.05, 3.63) is 17.7 Å². The van der Waals surface area contributed by atoms with Gasteiger partial charge in [0.1, 0.15) is 0 Å². The van der Waals surface area contributed by atoms with Crippen molar-refractivity contribution in [3.8, 4) is 17.2 Å². The molecule has 0 fully saturated rings. The van der Waals surface area contributed by atoms with E-state index in [1.807, 2.05) is 12.1 Å². The second-order valence-corrected chi connectivity index (χ2v) is 6.19. The van der Waals surface area contributed by atoms with E-state index in [0.717, 1.165) is 37.0 Å². The summed E-state index contributed by atoms with van der Waals surface area (Å²) in [6, 6.07) is 3.85. The van der Waals surface area contributed by atoms with Crippen molar-refractivity contribution in [3.63, 3.8) is 0 Å². The van der Waals surface area contributed by atoms with Gasteiger partial charge in [-0.15, -0.1) is 0 Å². The quantitative estimate of drug-likeness (QED) is 0.385. The summed E-state index contributed by atoms with van der Waals surface area (Å²) in [5, 5.41) is 6.65. The number of hydrogen-bond acceptors (Lipinski definition) is 4. The Morgan fingerprint density at radius 2 is 1.68 bits per heavy atom. The predicted octanol–water partition coefficient (Wildman–Crippen LogP) is 3.20. The molecule has 1 aromatic carbocycles. The van der Waals surface area contributed by atoms with E-state index in [-0.39, 0.29) is 0 Å². The van der Waals surface area contributed by atoms with Crippen molar-refractivity contribution in [2.45, 2.75) is 40.2 Å². The van der Waals surface area contributed by atoms with Gasteiger partial charge in [0, 0.05) is 13.1 Å². The van der Waals surface area contributed by atoms with Gasteiger partial charge in [-0.25, -0.2) is 4.99 Å². The molecule has 142 valence electrons. The summed E-state index contributed by atoms with van der Waals surface area (Å²) in [6.07, 6.45) is 2.34. The summed E-state index contributed by atoms with van der Waals surface area (Å²) in [5.41, 5.74) is 0.994. The normalized spacial score (nSPS) is 11.4. The minimum absolute atomic E-state index is 0.524. The molecule has 0 radical (unpaired) electrons. The highest BCUT2D eigenvalue weighted by atomic mass is 16.5. The Balaban J connectivity index is 2.80. The highest BCUT2D eigenvalue weighted by Crippen LogP contribution is 2.38. The number of guanidine groups is 1. The summed E-state index contributed by atoms with van der Waals surface area (Å²) < 4.78 is 16.1. The molecule has 0 amide bonds. The fraction of sp³-hybridized carbons (Fsp3) is 0.632. The lowest BCUT2D eigenvalue weighted by Crippen LogP contribution is -2.37. The number of methoxy groups -OCH3 is 3. The first-order valence-electron chi connectivity index (χ1n) is 8.86. The van der Waals surface area contributed by atoms with Crippen LogP contribution in [0.5, 0.6) is 17.2 Å². The number of rotatable bonds is 10. The Bertz CT molecular complexity index is 520. The van der Waals surface area contributed by atoms with Gasteiger partial charge >= 0.3 is 0 Å². The minimum atomic E-state index is 0.524. The zero-order valence-corrected chi connectivity index (χ0v) is 16.4. The van der Waals surface area contributed by atoms with Crippen LogP contribution in [0.15, 0.2) is 17.1 Å². The molecule has 1 aromatic rings. The average Bonchev–Trinajstić information content (AvgIpc) is 2.61. The predicted molar refractivity (Wildman–Crippen MR) is 103 cm³/mol. The molecule has 0 saturated carbocycles. The van der Waals surface area contributed by atoms with Crippen LogP contribution in [0.4, 0.5) is 0 Å². The van der Waals surface area contributed by atoms with Gasteiger partial charge in [-0.2, -0.15) is 0 Å². The number of aliphatic imine (C=N–C) groups is 1. The molecule has 6 nitrogen and oxygen atoms in total. The Hall–Kier alpha value is -2.11. The van der Waals surface area contributed by atoms with Crippen molar-refractivity contribution in [1.82, 2.24) is 10.6 Å². The topological polar surface area (TPSA) is 64.1 Å². The van der Waals surface area contributed by atoms with Crippen molar-refractivity contribution < 1.29 is 14.2 Å². The van der Waals surface area contributed by atoms with Crippen molar-refractivity contribution >= 4 is 5.96 Å². The third-order valence-electron chi connectivity index (χ3n) is 3.74. The fourth-order valence-corrected chi connectivity index (χ4v) is 2.46. The Morgan fingerprint density at radius 1 is 1.04 bits per heavy atom. The lowest BCUT2D eigenvalue weighted by Gasteiger charge is -2.14. The minimum Gasteiger partial charge on any atom is -0.493 e. The van der Waals surface area contributed by atoms with Gasteiger partial charge in [0.25, 0.3) is 0 Å². The Labute approximate surface area is 152 Å². The standard InChI is InChI=1S/C19H33N3O3/c1-7-20-19(21-10-8-9-14(2)3)22-13-15-11-16(23-4)18(25-6)17(12-15)24-5/h11-12,14H,7-10,13H2,1-6H3,(H2,20,21,22). The van der Waals surface area contributed by atoms with Crippen LogP contribution in [0.1, 0.15) is 39.2 Å². The second-order valence-electron chi connectivity index (χ2n) is 6.19. The summed E-state index contributed by atoms with van der Waals surface area (Å²) in [5.74, 6) is 3.42. The molecule has 0 atom stereocenters. The third-order valence-corrected chi connectivity index (χ3v) is 3.74. The molecule has 0 heterocycles. The number of hydrogen-bond donors (Lipinski definition) is 2. The van der Waals surface area contributed by atoms with Crippen LogP contribution in [0.2, 0.25) is 0 Å². The maximum atomic E-state index is 5.39. The molecule has 0 aliphatic carbocycles. The molecular weight excluding hydrogens is 318 g/mol. The van der Waals surface area contributed by atoms with E-state index in [9.17, 15) is 0 Å². The molecule has 0 aliphatic rings. The zero-order chi connectivity index (χ0) is 18.7. The summed E-state index contributed by atoms with van der Waals surface area (Å²) in [4.78, 5) is 4.65. The van der Waals surface area contributed by atoms with Gasteiger partial charge in [-0.05, 0) is 43.4 Å². The van der Waals surface area contributed by atoms with Crippen LogP contribution >= 0.6 is 0 Å².